The van der Waals surface area contributed by atoms with E-state index in [-0.39, 0.29) is 53.4 Å². The summed E-state index contributed by atoms with van der Waals surface area (Å²) in [5, 5.41) is 0. The molecule has 0 N–H and O–H groups in total. The maximum atomic E-state index is 13.3. The van der Waals surface area contributed by atoms with Crippen molar-refractivity contribution in [3.05, 3.63) is 102 Å². The molecule has 188 valence electrons. The van der Waals surface area contributed by atoms with Gasteiger partial charge < -0.3 is 4.74 Å². The van der Waals surface area contributed by atoms with E-state index in [1.807, 2.05) is 42.5 Å². The molecule has 38 heavy (non-hydrogen) atoms. The molecule has 3 aromatic rings. The van der Waals surface area contributed by atoms with E-state index in [4.69, 9.17) is 4.74 Å². The zero-order chi connectivity index (χ0) is 26.0. The van der Waals surface area contributed by atoms with Gasteiger partial charge in [-0.1, -0.05) is 66.7 Å². The number of Topliss-reactive ketones (excluding diaryl/α,β-unsaturated/α-hetero) is 1. The second-order valence-electron chi connectivity index (χ2n) is 10.7. The number of allylic oxidation sites excluding steroid dienone is 2. The van der Waals surface area contributed by atoms with Gasteiger partial charge in [-0.15, -0.1) is 0 Å². The Bertz CT molecular complexity index is 1460. The molecule has 1 saturated heterocycles. The zero-order valence-electron chi connectivity index (χ0n) is 20.5. The lowest BCUT2D eigenvalue weighted by Gasteiger charge is -2.37. The number of imide groups is 1. The van der Waals surface area contributed by atoms with Gasteiger partial charge in [-0.3, -0.25) is 19.3 Å². The molecule has 4 aliphatic carbocycles. The quantitative estimate of drug-likeness (QED) is 0.206. The number of carbonyl (C=O) groups excluding carboxylic acids is 4. The molecule has 6 heteroatoms. The summed E-state index contributed by atoms with van der Waals surface area (Å²) in [7, 11) is 0. The van der Waals surface area contributed by atoms with Crippen LogP contribution in [-0.2, 0) is 14.3 Å². The monoisotopic (exact) mass is 503 g/mol. The van der Waals surface area contributed by atoms with Crippen LogP contribution in [0.25, 0.3) is 11.1 Å². The average molecular weight is 504 g/mol. The maximum absolute atomic E-state index is 13.3. The van der Waals surface area contributed by atoms with Crippen molar-refractivity contribution in [2.45, 2.75) is 6.42 Å². The summed E-state index contributed by atoms with van der Waals surface area (Å²) in [5.74, 6) is -0.317. The molecule has 3 aromatic carbocycles. The van der Waals surface area contributed by atoms with Crippen molar-refractivity contribution >= 4 is 29.3 Å². The molecule has 6 atom stereocenters. The first-order chi connectivity index (χ1) is 18.5. The van der Waals surface area contributed by atoms with Crippen molar-refractivity contribution in [2.75, 3.05) is 11.5 Å². The number of hydrogen-bond acceptors (Lipinski definition) is 5. The van der Waals surface area contributed by atoms with Crippen LogP contribution in [0.2, 0.25) is 0 Å². The molecule has 1 heterocycles. The van der Waals surface area contributed by atoms with Crippen LogP contribution in [0.5, 0.6) is 0 Å². The van der Waals surface area contributed by atoms with Crippen molar-refractivity contribution in [3.63, 3.8) is 0 Å². The SMILES string of the molecule is O=C(COC(=O)c1ccc(N2C(=O)[C@@H]3[C@H]4C=C[C@@H]([C@@H]5C[C@H]45)[C@@H]3C2=O)cc1)c1ccc(-c2ccccc2)cc1. The molecule has 8 rings (SSSR count). The van der Waals surface area contributed by atoms with Gasteiger partial charge in [0, 0.05) is 5.56 Å². The van der Waals surface area contributed by atoms with Crippen LogP contribution in [0.15, 0.2) is 91.0 Å². The fourth-order valence-corrected chi connectivity index (χ4v) is 6.73. The number of nitrogens with zero attached hydrogens (tertiary/aromatic N) is 1. The average Bonchev–Trinajstić information content (AvgIpc) is 3.75. The number of anilines is 1. The summed E-state index contributed by atoms with van der Waals surface area (Å²) in [6, 6.07) is 23.3. The van der Waals surface area contributed by atoms with Gasteiger partial charge in [-0.25, -0.2) is 4.79 Å². The van der Waals surface area contributed by atoms with Crippen LogP contribution < -0.4 is 4.90 Å². The fourth-order valence-electron chi connectivity index (χ4n) is 6.73. The fraction of sp³-hybridized carbons (Fsp3) is 0.250. The van der Waals surface area contributed by atoms with Crippen LogP contribution in [0.4, 0.5) is 5.69 Å². The van der Waals surface area contributed by atoms with Gasteiger partial charge in [-0.05, 0) is 65.5 Å². The Morgan fingerprint density at radius 2 is 1.26 bits per heavy atom. The van der Waals surface area contributed by atoms with E-state index in [9.17, 15) is 19.2 Å². The third-order valence-electron chi connectivity index (χ3n) is 8.67. The number of carbonyl (C=O) groups is 4. The molecule has 2 amide bonds. The van der Waals surface area contributed by atoms with Crippen LogP contribution in [0.3, 0.4) is 0 Å². The standard InChI is InChI=1S/C32H25NO5/c34-27(20-8-6-19(7-9-20)18-4-2-1-3-5-18)17-38-32(37)21-10-12-22(13-11-21)33-30(35)28-23-14-15-24(26-16-25(23)26)29(28)31(33)36/h1-15,23-26,28-29H,16-17H2/t23-,24-,25-,26+,28-,29+/m0/s1. The van der Waals surface area contributed by atoms with Gasteiger partial charge in [0.05, 0.1) is 23.1 Å². The van der Waals surface area contributed by atoms with Crippen molar-refractivity contribution in [3.8, 4) is 11.1 Å². The first-order valence-electron chi connectivity index (χ1n) is 13.0. The second-order valence-corrected chi connectivity index (χ2v) is 10.7. The van der Waals surface area contributed by atoms with Gasteiger partial charge in [0.1, 0.15) is 0 Å². The predicted octanol–water partition coefficient (Wildman–Crippen LogP) is 4.95. The third-order valence-corrected chi connectivity index (χ3v) is 8.67. The zero-order valence-corrected chi connectivity index (χ0v) is 20.5. The van der Waals surface area contributed by atoms with E-state index in [1.165, 1.54) is 17.0 Å². The van der Waals surface area contributed by atoms with Gasteiger partial charge >= 0.3 is 5.97 Å². The van der Waals surface area contributed by atoms with E-state index in [0.717, 1.165) is 17.5 Å². The number of ether oxygens (including phenoxy) is 1. The highest BCUT2D eigenvalue weighted by Crippen LogP contribution is 2.65. The Hall–Kier alpha value is -4.32. The summed E-state index contributed by atoms with van der Waals surface area (Å²) in [4.78, 5) is 53.0. The Morgan fingerprint density at radius 3 is 1.87 bits per heavy atom. The minimum Gasteiger partial charge on any atom is -0.454 e. The van der Waals surface area contributed by atoms with E-state index < -0.39 is 5.97 Å². The molecule has 0 unspecified atom stereocenters. The van der Waals surface area contributed by atoms with E-state index in [0.29, 0.717) is 23.1 Å². The summed E-state index contributed by atoms with van der Waals surface area (Å²) >= 11 is 0. The molecule has 6 nitrogen and oxygen atoms in total. The van der Waals surface area contributed by atoms with Crippen molar-refractivity contribution in [1.29, 1.82) is 0 Å². The molecule has 2 saturated carbocycles. The number of esters is 1. The minimum absolute atomic E-state index is 0.135. The first-order valence-corrected chi connectivity index (χ1v) is 13.0. The number of amides is 2. The summed E-state index contributed by atoms with van der Waals surface area (Å²) in [6.07, 6.45) is 5.41. The molecule has 1 aliphatic heterocycles. The predicted molar refractivity (Wildman–Crippen MR) is 140 cm³/mol. The molecule has 3 fully saturated rings. The summed E-state index contributed by atoms with van der Waals surface area (Å²) in [5.41, 5.74) is 3.22. The third kappa shape index (κ3) is 3.55. The van der Waals surface area contributed by atoms with Crippen molar-refractivity contribution in [2.24, 2.45) is 35.5 Å². The maximum Gasteiger partial charge on any atom is 0.338 e. The Morgan fingerprint density at radius 1 is 0.711 bits per heavy atom. The molecule has 2 bridgehead atoms. The number of hydrogen-bond donors (Lipinski definition) is 0. The van der Waals surface area contributed by atoms with Gasteiger partial charge in [0.2, 0.25) is 11.8 Å². The Balaban J connectivity index is 0.994. The molecular weight excluding hydrogens is 478 g/mol. The number of ketones is 1. The topological polar surface area (TPSA) is 80.8 Å². The van der Waals surface area contributed by atoms with Crippen LogP contribution >= 0.6 is 0 Å². The van der Waals surface area contributed by atoms with Crippen molar-refractivity contribution < 1.29 is 23.9 Å². The Labute approximate surface area is 219 Å². The number of benzene rings is 3. The smallest absolute Gasteiger partial charge is 0.338 e. The highest BCUT2D eigenvalue weighted by Gasteiger charge is 2.67. The largest absolute Gasteiger partial charge is 0.454 e. The summed E-state index contributed by atoms with van der Waals surface area (Å²) < 4.78 is 5.25. The highest BCUT2D eigenvalue weighted by atomic mass is 16.5. The number of rotatable bonds is 6. The van der Waals surface area contributed by atoms with E-state index in [2.05, 4.69) is 12.2 Å². The minimum atomic E-state index is -0.638. The van der Waals surface area contributed by atoms with Crippen LogP contribution in [0.1, 0.15) is 27.1 Å². The van der Waals surface area contributed by atoms with Gasteiger partial charge in [0.15, 0.2) is 12.4 Å². The van der Waals surface area contributed by atoms with Crippen LogP contribution in [-0.4, -0.2) is 30.2 Å². The second kappa shape index (κ2) is 8.62. The highest BCUT2D eigenvalue weighted by molar-refractivity contribution is 6.22. The molecule has 0 radical (unpaired) electrons. The Kier molecular flexibility index (Phi) is 5.18. The van der Waals surface area contributed by atoms with E-state index in [1.54, 1.807) is 24.3 Å². The lowest BCUT2D eigenvalue weighted by molar-refractivity contribution is -0.124. The lowest BCUT2D eigenvalue weighted by Crippen LogP contribution is -2.40. The molecular formula is C32H25NO5. The molecule has 0 spiro atoms. The van der Waals surface area contributed by atoms with E-state index >= 15 is 0 Å². The summed E-state index contributed by atoms with van der Waals surface area (Å²) in [6.45, 7) is -0.379. The van der Waals surface area contributed by atoms with Crippen LogP contribution in [0, 0.1) is 35.5 Å². The molecule has 5 aliphatic rings. The molecule has 0 aromatic heterocycles. The lowest BCUT2D eigenvalue weighted by atomic mass is 9.63. The van der Waals surface area contributed by atoms with Gasteiger partial charge in [-0.2, -0.15) is 0 Å². The first kappa shape index (κ1) is 22.8. The normalized spacial score (nSPS) is 28.2. The van der Waals surface area contributed by atoms with Crippen molar-refractivity contribution in [1.82, 2.24) is 0 Å². The van der Waals surface area contributed by atoms with Gasteiger partial charge in [0.25, 0.3) is 0 Å².